The van der Waals surface area contributed by atoms with Crippen LogP contribution in [0.5, 0.6) is 0 Å². The van der Waals surface area contributed by atoms with Crippen LogP contribution in [0.3, 0.4) is 0 Å². The summed E-state index contributed by atoms with van der Waals surface area (Å²) in [6, 6.07) is 0. The highest BCUT2D eigenvalue weighted by atomic mass is 127. The van der Waals surface area contributed by atoms with Gasteiger partial charge >= 0.3 is 11.9 Å². The number of rotatable bonds is 17. The second-order valence-corrected chi connectivity index (χ2v) is 10.1. The van der Waals surface area contributed by atoms with Crippen molar-refractivity contribution in [1.29, 1.82) is 0 Å². The Bertz CT molecular complexity index is 565. The maximum Gasteiger partial charge on any atom is 0.331 e. The van der Waals surface area contributed by atoms with Crippen molar-refractivity contribution in [2.45, 2.75) is 99.6 Å². The molecule has 0 spiro atoms. The molecule has 0 saturated carbocycles. The van der Waals surface area contributed by atoms with E-state index in [0.29, 0.717) is 19.3 Å². The monoisotopic (exact) mass is 534 g/mol. The Kier molecular flexibility index (Phi) is 14.3. The number of halogens is 1. The van der Waals surface area contributed by atoms with Gasteiger partial charge < -0.3 is 9.84 Å². The molecule has 166 valence electrons. The van der Waals surface area contributed by atoms with Crippen LogP contribution < -0.4 is 0 Å². The molecule has 0 saturated heterocycles. The Hall–Kier alpha value is -0.420. The van der Waals surface area contributed by atoms with Crippen LogP contribution in [-0.2, 0) is 24.4 Å². The predicted octanol–water partition coefficient (Wildman–Crippen LogP) is 4.77. The van der Waals surface area contributed by atoms with Gasteiger partial charge in [-0.05, 0) is 12.8 Å². The zero-order valence-electron chi connectivity index (χ0n) is 17.0. The topological polar surface area (TPSA) is 118 Å². The molecular weight excluding hydrogens is 499 g/mol. The number of hydrogen-bond acceptors (Lipinski definition) is 5. The fraction of sp³-hybridized carbons (Fsp3) is 0.895. The Labute approximate surface area is 182 Å². The third-order valence-corrected chi connectivity index (χ3v) is 8.36. The number of unbranched alkanes of at least 4 members (excludes halogenated alkanes) is 9. The van der Waals surface area contributed by atoms with Crippen molar-refractivity contribution in [2.75, 3.05) is 6.61 Å². The highest BCUT2D eigenvalue weighted by Gasteiger charge is 2.59. The van der Waals surface area contributed by atoms with Gasteiger partial charge in [0.25, 0.3) is 10.1 Å². The second-order valence-electron chi connectivity index (χ2n) is 7.13. The van der Waals surface area contributed by atoms with Gasteiger partial charge in [-0.3, -0.25) is 14.1 Å². The summed E-state index contributed by atoms with van der Waals surface area (Å²) in [5.41, 5.74) is 0. The molecule has 0 aliphatic heterocycles. The van der Waals surface area contributed by atoms with E-state index in [9.17, 15) is 27.7 Å². The van der Waals surface area contributed by atoms with Crippen LogP contribution in [0.25, 0.3) is 0 Å². The largest absolute Gasteiger partial charge is 0.480 e. The normalized spacial score (nSPS) is 15.0. The first-order valence-corrected chi connectivity index (χ1v) is 12.8. The van der Waals surface area contributed by atoms with Crippen molar-refractivity contribution >= 4 is 44.6 Å². The zero-order chi connectivity index (χ0) is 21.6. The molecule has 0 fully saturated rings. The van der Waals surface area contributed by atoms with Gasteiger partial charge in [0.05, 0.1) is 6.61 Å². The summed E-state index contributed by atoms with van der Waals surface area (Å²) in [7, 11) is -4.97. The molecule has 7 nitrogen and oxygen atoms in total. The van der Waals surface area contributed by atoms with E-state index in [1.165, 1.54) is 48.3 Å². The van der Waals surface area contributed by atoms with Gasteiger partial charge in [0.2, 0.25) is 4.75 Å². The first kappa shape index (κ1) is 27.6. The molecule has 0 radical (unpaired) electrons. The SMILES string of the molecule is CCCCCCCCCCOC(=O)C(CCCCC)(C(I)C(=O)O)S(=O)(=O)O. The van der Waals surface area contributed by atoms with Crippen LogP contribution in [0, 0.1) is 0 Å². The first-order valence-electron chi connectivity index (χ1n) is 10.2. The van der Waals surface area contributed by atoms with Gasteiger partial charge in [-0.25, -0.2) is 0 Å². The van der Waals surface area contributed by atoms with Gasteiger partial charge in [-0.2, -0.15) is 8.42 Å². The summed E-state index contributed by atoms with van der Waals surface area (Å²) >= 11 is 1.39. The first-order chi connectivity index (χ1) is 13.1. The third-order valence-electron chi connectivity index (χ3n) is 4.81. The number of carbonyl (C=O) groups is 2. The van der Waals surface area contributed by atoms with Crippen molar-refractivity contribution in [3.63, 3.8) is 0 Å². The Morgan fingerprint density at radius 1 is 0.929 bits per heavy atom. The molecule has 2 unspecified atom stereocenters. The molecule has 9 heteroatoms. The average molecular weight is 534 g/mol. The minimum absolute atomic E-state index is 0.0157. The molecule has 0 aromatic carbocycles. The van der Waals surface area contributed by atoms with E-state index in [0.717, 1.165) is 25.7 Å². The molecule has 0 aromatic rings. The minimum Gasteiger partial charge on any atom is -0.480 e. The van der Waals surface area contributed by atoms with Crippen molar-refractivity contribution in [2.24, 2.45) is 0 Å². The van der Waals surface area contributed by atoms with Crippen LogP contribution in [-0.4, -0.2) is 45.3 Å². The van der Waals surface area contributed by atoms with Gasteiger partial charge in [0, 0.05) is 0 Å². The summed E-state index contributed by atoms with van der Waals surface area (Å²) in [6.45, 7) is 4.07. The quantitative estimate of drug-likeness (QED) is 0.0908. The molecule has 0 aromatic heterocycles. The fourth-order valence-electron chi connectivity index (χ4n) is 3.06. The Balaban J connectivity index is 4.86. The second kappa shape index (κ2) is 14.5. The summed E-state index contributed by atoms with van der Waals surface area (Å²) in [5.74, 6) is -2.64. The number of alkyl halides is 1. The van der Waals surface area contributed by atoms with E-state index in [1.807, 2.05) is 6.92 Å². The lowest BCUT2D eigenvalue weighted by atomic mass is 9.96. The molecular formula is C19H35IO7S. The predicted molar refractivity (Wildman–Crippen MR) is 117 cm³/mol. The Morgan fingerprint density at radius 3 is 1.86 bits per heavy atom. The molecule has 0 bridgehead atoms. The van der Waals surface area contributed by atoms with E-state index in [1.54, 1.807) is 0 Å². The molecule has 28 heavy (non-hydrogen) atoms. The summed E-state index contributed by atoms with van der Waals surface area (Å²) in [6.07, 6.45) is 9.74. The number of carbonyl (C=O) groups excluding carboxylic acids is 1. The lowest BCUT2D eigenvalue weighted by Crippen LogP contribution is -2.56. The van der Waals surface area contributed by atoms with Gasteiger partial charge in [-0.1, -0.05) is 101 Å². The number of esters is 1. The van der Waals surface area contributed by atoms with Gasteiger partial charge in [0.15, 0.2) is 0 Å². The number of carboxylic acids is 1. The van der Waals surface area contributed by atoms with Crippen LogP contribution in [0.2, 0.25) is 0 Å². The van der Waals surface area contributed by atoms with Gasteiger partial charge in [-0.15, -0.1) is 0 Å². The minimum atomic E-state index is -4.97. The maximum absolute atomic E-state index is 12.6. The summed E-state index contributed by atoms with van der Waals surface area (Å²) in [5, 5.41) is 9.33. The van der Waals surface area contributed by atoms with Gasteiger partial charge in [0.1, 0.15) is 3.92 Å². The zero-order valence-corrected chi connectivity index (χ0v) is 20.0. The van der Waals surface area contributed by atoms with Crippen molar-refractivity contribution in [3.8, 4) is 0 Å². The number of ether oxygens (including phenoxy) is 1. The van der Waals surface area contributed by atoms with Crippen molar-refractivity contribution in [3.05, 3.63) is 0 Å². The smallest absolute Gasteiger partial charge is 0.331 e. The van der Waals surface area contributed by atoms with Crippen molar-refractivity contribution < 1.29 is 32.4 Å². The van der Waals surface area contributed by atoms with E-state index in [4.69, 9.17) is 4.74 Å². The average Bonchev–Trinajstić information content (AvgIpc) is 2.62. The standard InChI is InChI=1S/C19H35IO7S/c1-3-5-7-8-9-10-11-13-15-27-18(23)19(28(24,25)26,14-12-6-4-2)16(20)17(21)22/h16H,3-15H2,1-2H3,(H,21,22)(H,24,25,26). The molecule has 2 atom stereocenters. The molecule has 2 N–H and O–H groups in total. The van der Waals surface area contributed by atoms with E-state index < -0.39 is 30.7 Å². The van der Waals surface area contributed by atoms with Crippen molar-refractivity contribution in [1.82, 2.24) is 0 Å². The summed E-state index contributed by atoms with van der Waals surface area (Å²) in [4.78, 5) is 24.1. The highest BCUT2D eigenvalue weighted by molar-refractivity contribution is 14.1. The number of aliphatic carboxylic acids is 1. The molecule has 0 heterocycles. The number of hydrogen-bond donors (Lipinski definition) is 2. The highest BCUT2D eigenvalue weighted by Crippen LogP contribution is 2.35. The Morgan fingerprint density at radius 2 is 1.39 bits per heavy atom. The van der Waals surface area contributed by atoms with Crippen LogP contribution in [0.15, 0.2) is 0 Å². The van der Waals surface area contributed by atoms with Crippen LogP contribution in [0.4, 0.5) is 0 Å². The summed E-state index contributed by atoms with van der Waals surface area (Å²) < 4.78 is 34.9. The molecule has 0 amide bonds. The molecule has 0 aliphatic carbocycles. The maximum atomic E-state index is 12.6. The number of carboxylic acid groups (broad SMARTS) is 1. The van der Waals surface area contributed by atoms with E-state index in [2.05, 4.69) is 6.92 Å². The van der Waals surface area contributed by atoms with Crippen LogP contribution in [0.1, 0.15) is 90.9 Å². The fourth-order valence-corrected chi connectivity index (χ4v) is 5.62. The molecule has 0 aliphatic rings. The van der Waals surface area contributed by atoms with E-state index in [-0.39, 0.29) is 13.0 Å². The van der Waals surface area contributed by atoms with E-state index >= 15 is 0 Å². The molecule has 0 rings (SSSR count). The lowest BCUT2D eigenvalue weighted by Gasteiger charge is -2.30. The van der Waals surface area contributed by atoms with Crippen LogP contribution >= 0.6 is 22.6 Å². The third kappa shape index (κ3) is 8.94. The lowest BCUT2D eigenvalue weighted by molar-refractivity contribution is -0.151.